The Kier molecular flexibility index (Phi) is 7.54. The second-order valence-corrected chi connectivity index (χ2v) is 4.42. The molecule has 0 fully saturated rings. The first-order chi connectivity index (χ1) is 7.93. The Labute approximate surface area is 103 Å². The van der Waals surface area contributed by atoms with Gasteiger partial charge in [0.1, 0.15) is 6.04 Å². The van der Waals surface area contributed by atoms with Gasteiger partial charge in [0.25, 0.3) is 0 Å². The summed E-state index contributed by atoms with van der Waals surface area (Å²) in [6.07, 6.45) is 0.721. The van der Waals surface area contributed by atoms with Gasteiger partial charge in [-0.1, -0.05) is 34.1 Å². The summed E-state index contributed by atoms with van der Waals surface area (Å²) in [5.74, 6) is -1.47. The highest BCUT2D eigenvalue weighted by atomic mass is 16.4. The average Bonchev–Trinajstić information content (AvgIpc) is 2.31. The standard InChI is InChI=1S/C12H24N2O3/c1-5-8(3)10(12(16)17)14-11(15)9(4)7-13-6-2/h8-10,13H,5-7H2,1-4H3,(H,14,15)(H,16,17)/t8?,9?,10-/m0/s1. The molecule has 17 heavy (non-hydrogen) atoms. The van der Waals surface area contributed by atoms with E-state index < -0.39 is 12.0 Å². The van der Waals surface area contributed by atoms with E-state index in [9.17, 15) is 9.59 Å². The van der Waals surface area contributed by atoms with Gasteiger partial charge in [-0.2, -0.15) is 0 Å². The molecule has 3 N–H and O–H groups in total. The van der Waals surface area contributed by atoms with Crippen LogP contribution in [-0.2, 0) is 9.59 Å². The zero-order valence-electron chi connectivity index (χ0n) is 11.1. The minimum Gasteiger partial charge on any atom is -0.480 e. The number of carboxylic acids is 1. The lowest BCUT2D eigenvalue weighted by Gasteiger charge is -2.22. The van der Waals surface area contributed by atoms with Gasteiger partial charge in [0, 0.05) is 12.5 Å². The van der Waals surface area contributed by atoms with Crippen molar-refractivity contribution in [1.82, 2.24) is 10.6 Å². The van der Waals surface area contributed by atoms with E-state index in [2.05, 4.69) is 10.6 Å². The minimum absolute atomic E-state index is 0.0669. The van der Waals surface area contributed by atoms with Crippen molar-refractivity contribution in [2.24, 2.45) is 11.8 Å². The molecule has 2 unspecified atom stereocenters. The van der Waals surface area contributed by atoms with E-state index in [-0.39, 0.29) is 17.7 Å². The highest BCUT2D eigenvalue weighted by Gasteiger charge is 2.26. The normalized spacial score (nSPS) is 16.0. The summed E-state index contributed by atoms with van der Waals surface area (Å²) in [5.41, 5.74) is 0. The Morgan fingerprint density at radius 2 is 1.82 bits per heavy atom. The molecule has 0 heterocycles. The molecular weight excluding hydrogens is 220 g/mol. The molecule has 0 rings (SSSR count). The van der Waals surface area contributed by atoms with Crippen molar-refractivity contribution < 1.29 is 14.7 Å². The van der Waals surface area contributed by atoms with Gasteiger partial charge in [-0.05, 0) is 12.5 Å². The number of nitrogens with one attached hydrogen (secondary N) is 2. The number of rotatable bonds is 8. The fourth-order valence-electron chi connectivity index (χ4n) is 1.43. The Morgan fingerprint density at radius 3 is 2.24 bits per heavy atom. The van der Waals surface area contributed by atoms with E-state index in [1.807, 2.05) is 20.8 Å². The Balaban J connectivity index is 4.35. The quantitative estimate of drug-likeness (QED) is 0.591. The molecule has 0 aromatic heterocycles. The van der Waals surface area contributed by atoms with Crippen molar-refractivity contribution in [1.29, 1.82) is 0 Å². The number of carboxylic acid groups (broad SMARTS) is 1. The van der Waals surface area contributed by atoms with Crippen LogP contribution in [0.3, 0.4) is 0 Å². The lowest BCUT2D eigenvalue weighted by molar-refractivity contribution is -0.143. The maximum atomic E-state index is 11.8. The predicted octanol–water partition coefficient (Wildman–Crippen LogP) is 0.847. The van der Waals surface area contributed by atoms with Crippen LogP contribution in [0.1, 0.15) is 34.1 Å². The maximum absolute atomic E-state index is 11.8. The number of hydrogen-bond acceptors (Lipinski definition) is 3. The summed E-state index contributed by atoms with van der Waals surface area (Å²) in [4.78, 5) is 22.8. The second-order valence-electron chi connectivity index (χ2n) is 4.42. The van der Waals surface area contributed by atoms with Crippen LogP contribution in [-0.4, -0.2) is 36.1 Å². The molecule has 0 aromatic rings. The number of carbonyl (C=O) groups is 2. The maximum Gasteiger partial charge on any atom is 0.326 e. The highest BCUT2D eigenvalue weighted by Crippen LogP contribution is 2.08. The Hall–Kier alpha value is -1.10. The summed E-state index contributed by atoms with van der Waals surface area (Å²) in [6, 6.07) is -0.795. The molecule has 0 radical (unpaired) electrons. The van der Waals surface area contributed by atoms with Gasteiger partial charge in [-0.15, -0.1) is 0 Å². The summed E-state index contributed by atoms with van der Waals surface area (Å²) < 4.78 is 0. The van der Waals surface area contributed by atoms with Crippen molar-refractivity contribution in [3.63, 3.8) is 0 Å². The van der Waals surface area contributed by atoms with Crippen LogP contribution >= 0.6 is 0 Å². The van der Waals surface area contributed by atoms with E-state index >= 15 is 0 Å². The molecule has 1 amide bonds. The molecule has 3 atom stereocenters. The zero-order valence-corrected chi connectivity index (χ0v) is 11.1. The first-order valence-electron chi connectivity index (χ1n) is 6.17. The molecule has 5 heteroatoms. The third kappa shape index (κ3) is 5.68. The largest absolute Gasteiger partial charge is 0.480 e. The van der Waals surface area contributed by atoms with Crippen molar-refractivity contribution in [2.75, 3.05) is 13.1 Å². The van der Waals surface area contributed by atoms with Gasteiger partial charge in [-0.25, -0.2) is 4.79 Å². The lowest BCUT2D eigenvalue weighted by atomic mass is 9.98. The van der Waals surface area contributed by atoms with Gasteiger partial charge in [0.2, 0.25) is 5.91 Å². The SMILES string of the molecule is CCNCC(C)C(=O)N[C@H](C(=O)O)C(C)CC. The van der Waals surface area contributed by atoms with E-state index in [1.54, 1.807) is 6.92 Å². The van der Waals surface area contributed by atoms with Gasteiger partial charge < -0.3 is 15.7 Å². The minimum atomic E-state index is -0.969. The fraction of sp³-hybridized carbons (Fsp3) is 0.833. The van der Waals surface area contributed by atoms with Gasteiger partial charge in [0.15, 0.2) is 0 Å². The Morgan fingerprint density at radius 1 is 1.24 bits per heavy atom. The fourth-order valence-corrected chi connectivity index (χ4v) is 1.43. The molecule has 0 bridgehead atoms. The second kappa shape index (κ2) is 8.06. The van der Waals surface area contributed by atoms with E-state index in [0.29, 0.717) is 6.54 Å². The molecule has 0 aliphatic rings. The zero-order chi connectivity index (χ0) is 13.4. The Bertz CT molecular complexity index is 256. The summed E-state index contributed by atoms with van der Waals surface area (Å²) in [6.45, 7) is 8.85. The molecule has 0 aliphatic carbocycles. The van der Waals surface area contributed by atoms with E-state index in [1.165, 1.54) is 0 Å². The third-order valence-electron chi connectivity index (χ3n) is 2.92. The van der Waals surface area contributed by atoms with E-state index in [4.69, 9.17) is 5.11 Å². The van der Waals surface area contributed by atoms with Crippen LogP contribution in [0.15, 0.2) is 0 Å². The van der Waals surface area contributed by atoms with Crippen molar-refractivity contribution in [2.45, 2.75) is 40.2 Å². The number of amides is 1. The van der Waals surface area contributed by atoms with Crippen LogP contribution in [0, 0.1) is 11.8 Å². The molecule has 0 aromatic carbocycles. The molecular formula is C12H24N2O3. The van der Waals surface area contributed by atoms with Crippen LogP contribution in [0.2, 0.25) is 0 Å². The molecule has 100 valence electrons. The third-order valence-corrected chi connectivity index (χ3v) is 2.92. The smallest absolute Gasteiger partial charge is 0.326 e. The van der Waals surface area contributed by atoms with Crippen molar-refractivity contribution >= 4 is 11.9 Å². The van der Waals surface area contributed by atoms with Crippen LogP contribution in [0.25, 0.3) is 0 Å². The average molecular weight is 244 g/mol. The number of hydrogen-bond donors (Lipinski definition) is 3. The van der Waals surface area contributed by atoms with E-state index in [0.717, 1.165) is 13.0 Å². The van der Waals surface area contributed by atoms with Gasteiger partial charge >= 0.3 is 5.97 Å². The highest BCUT2D eigenvalue weighted by molar-refractivity contribution is 5.85. The topological polar surface area (TPSA) is 78.4 Å². The van der Waals surface area contributed by atoms with Crippen molar-refractivity contribution in [3.8, 4) is 0 Å². The molecule has 0 spiro atoms. The van der Waals surface area contributed by atoms with Crippen LogP contribution in [0.4, 0.5) is 0 Å². The number of aliphatic carboxylic acids is 1. The lowest BCUT2D eigenvalue weighted by Crippen LogP contribution is -2.48. The molecule has 5 nitrogen and oxygen atoms in total. The summed E-state index contributed by atoms with van der Waals surface area (Å²) >= 11 is 0. The van der Waals surface area contributed by atoms with Gasteiger partial charge in [0.05, 0.1) is 0 Å². The molecule has 0 saturated carbocycles. The monoisotopic (exact) mass is 244 g/mol. The van der Waals surface area contributed by atoms with Crippen molar-refractivity contribution in [3.05, 3.63) is 0 Å². The van der Waals surface area contributed by atoms with Crippen LogP contribution < -0.4 is 10.6 Å². The van der Waals surface area contributed by atoms with Gasteiger partial charge in [-0.3, -0.25) is 4.79 Å². The first-order valence-corrected chi connectivity index (χ1v) is 6.17. The molecule has 0 saturated heterocycles. The summed E-state index contributed by atoms with van der Waals surface area (Å²) in [5, 5.41) is 14.7. The van der Waals surface area contributed by atoms with Crippen LogP contribution in [0.5, 0.6) is 0 Å². The predicted molar refractivity (Wildman–Crippen MR) is 66.7 cm³/mol. The summed E-state index contributed by atoms with van der Waals surface area (Å²) in [7, 11) is 0. The number of carbonyl (C=O) groups excluding carboxylic acids is 1. The first kappa shape index (κ1) is 15.9. The molecule has 0 aliphatic heterocycles.